The zero-order valence-corrected chi connectivity index (χ0v) is 22.8. The average molecular weight is 484 g/mol. The first kappa shape index (κ1) is 26.0. The van der Waals surface area contributed by atoms with Crippen LogP contribution in [-0.4, -0.2) is 0 Å². The summed E-state index contributed by atoms with van der Waals surface area (Å²) in [6, 6.07) is 26.1. The van der Waals surface area contributed by atoms with Crippen LogP contribution in [0.2, 0.25) is 0 Å². The van der Waals surface area contributed by atoms with E-state index < -0.39 is 0 Å². The Morgan fingerprint density at radius 1 is 0.865 bits per heavy atom. The second-order valence-corrected chi connectivity index (χ2v) is 10.00. The Morgan fingerprint density at radius 3 is 2.22 bits per heavy atom. The Balaban J connectivity index is 1.96. The van der Waals surface area contributed by atoms with E-state index in [0.717, 1.165) is 22.6 Å². The summed E-state index contributed by atoms with van der Waals surface area (Å²) in [6.07, 6.45) is 12.7. The van der Waals surface area contributed by atoms with Crippen molar-refractivity contribution in [2.45, 2.75) is 40.0 Å². The summed E-state index contributed by atoms with van der Waals surface area (Å²) in [4.78, 5) is 2.36. The average Bonchev–Trinajstić information content (AvgIpc) is 3.12. The quantitative estimate of drug-likeness (QED) is 0.288. The summed E-state index contributed by atoms with van der Waals surface area (Å²) < 4.78 is 0. The molecule has 0 atom stereocenters. The third-order valence-corrected chi connectivity index (χ3v) is 7.05. The van der Waals surface area contributed by atoms with Crippen molar-refractivity contribution in [1.29, 1.82) is 0 Å². The molecule has 0 heterocycles. The molecule has 0 unspecified atom stereocenters. The van der Waals surface area contributed by atoms with Crippen LogP contribution in [0.5, 0.6) is 0 Å². The maximum absolute atomic E-state index is 4.14. The highest BCUT2D eigenvalue weighted by atomic mass is 15.1. The summed E-state index contributed by atoms with van der Waals surface area (Å²) in [5.74, 6) is 0. The predicted molar refractivity (Wildman–Crippen MR) is 163 cm³/mol. The van der Waals surface area contributed by atoms with Crippen molar-refractivity contribution in [3.8, 4) is 11.1 Å². The van der Waals surface area contributed by atoms with Crippen molar-refractivity contribution in [3.05, 3.63) is 150 Å². The van der Waals surface area contributed by atoms with Gasteiger partial charge in [-0.2, -0.15) is 0 Å². The molecular formula is C36H37N. The smallest absolute Gasteiger partial charge is 0.0539 e. The molecule has 3 aromatic rings. The fraction of sp³-hybridized carbons (Fsp3) is 0.167. The fourth-order valence-electron chi connectivity index (χ4n) is 5.22. The largest absolute Gasteiger partial charge is 0.310 e. The lowest BCUT2D eigenvalue weighted by atomic mass is 9.80. The lowest BCUT2D eigenvalue weighted by Gasteiger charge is -2.30. The van der Waals surface area contributed by atoms with Crippen LogP contribution in [0.1, 0.15) is 45.7 Å². The molecule has 1 nitrogen and oxygen atoms in total. The minimum atomic E-state index is -0.129. The minimum absolute atomic E-state index is 0.129. The molecule has 0 saturated heterocycles. The van der Waals surface area contributed by atoms with E-state index in [-0.39, 0.29) is 5.41 Å². The van der Waals surface area contributed by atoms with Gasteiger partial charge in [-0.15, -0.1) is 0 Å². The number of hydrogen-bond donors (Lipinski definition) is 0. The van der Waals surface area contributed by atoms with Crippen LogP contribution < -0.4 is 4.90 Å². The van der Waals surface area contributed by atoms with Crippen molar-refractivity contribution in [3.63, 3.8) is 0 Å². The van der Waals surface area contributed by atoms with Gasteiger partial charge in [-0.25, -0.2) is 0 Å². The van der Waals surface area contributed by atoms with Gasteiger partial charge < -0.3 is 4.90 Å². The van der Waals surface area contributed by atoms with E-state index in [4.69, 9.17) is 0 Å². The zero-order valence-electron chi connectivity index (χ0n) is 22.8. The van der Waals surface area contributed by atoms with Crippen LogP contribution in [0.3, 0.4) is 0 Å². The van der Waals surface area contributed by atoms with Gasteiger partial charge in [-0.05, 0) is 72.9 Å². The second kappa shape index (κ2) is 10.9. The van der Waals surface area contributed by atoms with Gasteiger partial charge in [-0.3, -0.25) is 0 Å². The lowest BCUT2D eigenvalue weighted by molar-refractivity contribution is 0.654. The summed E-state index contributed by atoms with van der Waals surface area (Å²) in [7, 11) is 0. The number of hydrogen-bond acceptors (Lipinski definition) is 1. The molecule has 1 aliphatic carbocycles. The highest BCUT2D eigenvalue weighted by Gasteiger charge is 2.36. The predicted octanol–water partition coefficient (Wildman–Crippen LogP) is 10.3. The second-order valence-electron chi connectivity index (χ2n) is 10.00. The van der Waals surface area contributed by atoms with E-state index >= 15 is 0 Å². The SMILES string of the molecule is C=CC1=C(/C=C\C)C(C)(C)c2cc(N(C(/C=C\C(=C)C)=C/C)c3ccccc3-c3ccccc3)ccc21. The number of nitrogens with zero attached hydrogens (tertiary/aromatic N) is 1. The molecule has 0 radical (unpaired) electrons. The number of allylic oxidation sites excluding steroid dienone is 9. The molecule has 1 heteroatoms. The monoisotopic (exact) mass is 483 g/mol. The Labute approximate surface area is 223 Å². The van der Waals surface area contributed by atoms with Crippen molar-refractivity contribution in [1.82, 2.24) is 0 Å². The van der Waals surface area contributed by atoms with Crippen molar-refractivity contribution in [2.75, 3.05) is 4.90 Å². The maximum Gasteiger partial charge on any atom is 0.0539 e. The van der Waals surface area contributed by atoms with E-state index in [0.29, 0.717) is 0 Å². The van der Waals surface area contributed by atoms with E-state index in [2.05, 4.69) is 149 Å². The molecule has 0 fully saturated rings. The van der Waals surface area contributed by atoms with Crippen molar-refractivity contribution in [2.24, 2.45) is 0 Å². The molecule has 4 rings (SSSR count). The van der Waals surface area contributed by atoms with E-state index in [1.165, 1.54) is 33.4 Å². The van der Waals surface area contributed by atoms with E-state index in [9.17, 15) is 0 Å². The molecule has 0 aromatic heterocycles. The molecule has 0 saturated carbocycles. The van der Waals surface area contributed by atoms with Gasteiger partial charge >= 0.3 is 0 Å². The fourth-order valence-corrected chi connectivity index (χ4v) is 5.22. The third-order valence-electron chi connectivity index (χ3n) is 7.05. The van der Waals surface area contributed by atoms with Gasteiger partial charge in [0.2, 0.25) is 0 Å². The van der Waals surface area contributed by atoms with Gasteiger partial charge in [0, 0.05) is 22.4 Å². The topological polar surface area (TPSA) is 3.24 Å². The number of para-hydroxylation sites is 1. The third kappa shape index (κ3) is 4.95. The molecule has 186 valence electrons. The zero-order chi connectivity index (χ0) is 26.6. The number of benzene rings is 3. The molecule has 3 aromatic carbocycles. The number of fused-ring (bicyclic) bond motifs is 1. The molecular weight excluding hydrogens is 446 g/mol. The Bertz CT molecular complexity index is 1440. The first-order valence-electron chi connectivity index (χ1n) is 12.9. The van der Waals surface area contributed by atoms with Crippen LogP contribution in [0.4, 0.5) is 11.4 Å². The Morgan fingerprint density at radius 2 is 1.57 bits per heavy atom. The highest BCUT2D eigenvalue weighted by Crippen LogP contribution is 2.49. The number of rotatable bonds is 8. The normalized spacial score (nSPS) is 14.9. The summed E-state index contributed by atoms with van der Waals surface area (Å²) in [5, 5.41) is 0. The molecule has 0 spiro atoms. The van der Waals surface area contributed by atoms with Gasteiger partial charge in [0.1, 0.15) is 0 Å². The van der Waals surface area contributed by atoms with E-state index in [1.807, 2.05) is 13.0 Å². The van der Waals surface area contributed by atoms with Crippen LogP contribution in [0, 0.1) is 0 Å². The molecule has 0 bridgehead atoms. The first-order valence-corrected chi connectivity index (χ1v) is 12.9. The van der Waals surface area contributed by atoms with Crippen molar-refractivity contribution < 1.29 is 0 Å². The molecule has 37 heavy (non-hydrogen) atoms. The van der Waals surface area contributed by atoms with Crippen LogP contribution >= 0.6 is 0 Å². The van der Waals surface area contributed by atoms with Crippen LogP contribution in [0.25, 0.3) is 16.7 Å². The van der Waals surface area contributed by atoms with Gasteiger partial charge in [0.25, 0.3) is 0 Å². The van der Waals surface area contributed by atoms with Crippen molar-refractivity contribution >= 4 is 16.9 Å². The highest BCUT2D eigenvalue weighted by molar-refractivity contribution is 5.90. The first-order chi connectivity index (χ1) is 17.8. The summed E-state index contributed by atoms with van der Waals surface area (Å²) >= 11 is 0. The Hall–Kier alpha value is -4.10. The lowest BCUT2D eigenvalue weighted by Crippen LogP contribution is -2.19. The Kier molecular flexibility index (Phi) is 7.64. The van der Waals surface area contributed by atoms with Gasteiger partial charge in [-0.1, -0.05) is 118 Å². The van der Waals surface area contributed by atoms with Gasteiger partial charge in [0.15, 0.2) is 0 Å². The standard InChI is InChI=1S/C36H37N/c1-8-16-33-30(10-3)32-24-23-29(25-34(32)36(33,6)7)37(28(9-2)22-21-26(4)5)35-20-15-14-19-31(35)27-17-12-11-13-18-27/h8-25H,3-4H2,1-2,5-7H3/b16-8-,22-21-,28-9+. The minimum Gasteiger partial charge on any atom is -0.310 e. The van der Waals surface area contributed by atoms with Crippen LogP contribution in [-0.2, 0) is 5.41 Å². The molecule has 0 N–H and O–H groups in total. The van der Waals surface area contributed by atoms with E-state index in [1.54, 1.807) is 0 Å². The molecule has 0 amide bonds. The summed E-state index contributed by atoms with van der Waals surface area (Å²) in [5.41, 5.74) is 11.7. The maximum atomic E-state index is 4.14. The molecule has 0 aliphatic heterocycles. The number of anilines is 2. The molecule has 1 aliphatic rings. The summed E-state index contributed by atoms with van der Waals surface area (Å²) in [6.45, 7) is 19.0. The van der Waals surface area contributed by atoms with Crippen LogP contribution in [0.15, 0.2) is 139 Å². The van der Waals surface area contributed by atoms with Gasteiger partial charge in [0.05, 0.1) is 5.69 Å².